The van der Waals surface area contributed by atoms with E-state index in [4.69, 9.17) is 14.2 Å². The number of ether oxygens (including phenoxy) is 3. The van der Waals surface area contributed by atoms with Crippen molar-refractivity contribution in [1.82, 2.24) is 0 Å². The molecule has 0 saturated carbocycles. The maximum Gasteiger partial charge on any atom is 0.333 e. The fourth-order valence-electron chi connectivity index (χ4n) is 2.10. The predicted molar refractivity (Wildman–Crippen MR) is 112 cm³/mol. The summed E-state index contributed by atoms with van der Waals surface area (Å²) in [5.74, 6) is -1.34. The molecule has 0 spiro atoms. The zero-order valence-electron chi connectivity index (χ0n) is 15.6. The highest BCUT2D eigenvalue weighted by Crippen LogP contribution is 2.15. The minimum atomic E-state index is -0.574. The highest BCUT2D eigenvalue weighted by molar-refractivity contribution is 5.86. The Morgan fingerprint density at radius 2 is 1.61 bits per heavy atom. The van der Waals surface area contributed by atoms with Crippen molar-refractivity contribution < 1.29 is 33.7 Å². The lowest BCUT2D eigenvalue weighted by Gasteiger charge is -2.23. The summed E-state index contributed by atoms with van der Waals surface area (Å²) in [6.45, 7) is 9.97. The number of aliphatic hydroxyl groups is 1. The first-order valence-electron chi connectivity index (χ1n) is 8.53. The maximum atomic E-state index is 11.8. The van der Waals surface area contributed by atoms with Gasteiger partial charge >= 0.3 is 17.9 Å². The molecule has 0 radical (unpaired) electrons. The van der Waals surface area contributed by atoms with E-state index >= 15 is 0 Å². The van der Waals surface area contributed by atoms with Gasteiger partial charge in [-0.2, -0.15) is 0 Å². The molecule has 0 fully saturated rings. The van der Waals surface area contributed by atoms with Gasteiger partial charge in [0.1, 0.15) is 12.2 Å². The SMILES string of the molecule is C.C.C.C=C(C)C(=O)OCCCC(=O)OC(C)CC(CC(O)CC)OC(C)=O. The van der Waals surface area contributed by atoms with Crippen molar-refractivity contribution in [3.05, 3.63) is 12.2 Å². The second-order valence-corrected chi connectivity index (χ2v) is 6.09. The third-order valence-electron chi connectivity index (χ3n) is 3.37. The van der Waals surface area contributed by atoms with Crippen molar-refractivity contribution in [2.75, 3.05) is 6.61 Å². The standard InChI is InChI=1S/C18H30O7.3CH4/c1-6-15(20)11-16(25-14(5)19)10-13(4)24-17(21)8-7-9-23-18(22)12(2)3;;;/h13,15-16,20H,2,6-11H2,1,3-5H3;3*1H4. The van der Waals surface area contributed by atoms with E-state index in [0.29, 0.717) is 31.3 Å². The fraction of sp³-hybridized carbons (Fsp3) is 0.762. The number of esters is 3. The second-order valence-electron chi connectivity index (χ2n) is 6.09. The van der Waals surface area contributed by atoms with Crippen LogP contribution in [0.4, 0.5) is 0 Å². The molecule has 0 saturated heterocycles. The Labute approximate surface area is 171 Å². The predicted octanol–water partition coefficient (Wildman–Crippen LogP) is 4.21. The Morgan fingerprint density at radius 3 is 2.07 bits per heavy atom. The summed E-state index contributed by atoms with van der Waals surface area (Å²) in [7, 11) is 0. The van der Waals surface area contributed by atoms with Gasteiger partial charge in [-0.1, -0.05) is 35.8 Å². The monoisotopic (exact) mass is 406 g/mol. The fourth-order valence-corrected chi connectivity index (χ4v) is 2.10. The van der Waals surface area contributed by atoms with E-state index in [0.717, 1.165) is 0 Å². The largest absolute Gasteiger partial charge is 0.463 e. The first kappa shape index (κ1) is 33.7. The van der Waals surface area contributed by atoms with Crippen LogP contribution in [0, 0.1) is 0 Å². The van der Waals surface area contributed by atoms with E-state index in [2.05, 4.69) is 6.58 Å². The number of hydrogen-bond donors (Lipinski definition) is 1. The third kappa shape index (κ3) is 17.5. The van der Waals surface area contributed by atoms with Gasteiger partial charge in [0, 0.05) is 31.8 Å². The Kier molecular flexibility index (Phi) is 22.2. The Hall–Kier alpha value is -1.89. The summed E-state index contributed by atoms with van der Waals surface area (Å²) < 4.78 is 15.3. The Morgan fingerprint density at radius 1 is 1.04 bits per heavy atom. The molecule has 168 valence electrons. The van der Waals surface area contributed by atoms with Crippen LogP contribution >= 0.6 is 0 Å². The van der Waals surface area contributed by atoms with Crippen LogP contribution in [-0.4, -0.2) is 47.9 Å². The molecule has 0 heterocycles. The summed E-state index contributed by atoms with van der Waals surface area (Å²) in [4.78, 5) is 34.1. The van der Waals surface area contributed by atoms with E-state index in [1.165, 1.54) is 6.92 Å². The van der Waals surface area contributed by atoms with Crippen molar-refractivity contribution in [3.63, 3.8) is 0 Å². The highest BCUT2D eigenvalue weighted by atomic mass is 16.6. The molecule has 0 aliphatic carbocycles. The topological polar surface area (TPSA) is 99.1 Å². The normalized spacial score (nSPS) is 12.6. The summed E-state index contributed by atoms with van der Waals surface area (Å²) in [5, 5.41) is 9.72. The summed E-state index contributed by atoms with van der Waals surface area (Å²) in [6, 6.07) is 0. The van der Waals surface area contributed by atoms with Gasteiger partial charge in [0.2, 0.25) is 0 Å². The van der Waals surface area contributed by atoms with Crippen LogP contribution in [0.25, 0.3) is 0 Å². The Balaban J connectivity index is -0.000000960. The number of carbonyl (C=O) groups excluding carboxylic acids is 3. The zero-order valence-corrected chi connectivity index (χ0v) is 15.6. The lowest BCUT2D eigenvalue weighted by Crippen LogP contribution is -2.28. The lowest BCUT2D eigenvalue weighted by molar-refractivity contribution is -0.155. The number of aliphatic hydroxyl groups excluding tert-OH is 1. The van der Waals surface area contributed by atoms with Crippen molar-refractivity contribution in [3.8, 4) is 0 Å². The van der Waals surface area contributed by atoms with Gasteiger partial charge in [0.25, 0.3) is 0 Å². The molecule has 0 amide bonds. The van der Waals surface area contributed by atoms with Crippen LogP contribution in [0.1, 0.15) is 82.1 Å². The van der Waals surface area contributed by atoms with Gasteiger partial charge in [-0.15, -0.1) is 0 Å². The van der Waals surface area contributed by atoms with Gasteiger partial charge in [0.15, 0.2) is 0 Å². The minimum absolute atomic E-state index is 0. The molecule has 0 rings (SSSR count). The molecule has 28 heavy (non-hydrogen) atoms. The molecule has 0 aromatic rings. The second kappa shape index (κ2) is 18.5. The van der Waals surface area contributed by atoms with Crippen LogP contribution < -0.4 is 0 Å². The van der Waals surface area contributed by atoms with E-state index in [1.807, 2.05) is 6.92 Å². The summed E-state index contributed by atoms with van der Waals surface area (Å²) >= 11 is 0. The first-order chi connectivity index (χ1) is 11.6. The number of rotatable bonds is 12. The van der Waals surface area contributed by atoms with E-state index in [9.17, 15) is 19.5 Å². The molecule has 1 N–H and O–H groups in total. The van der Waals surface area contributed by atoms with Crippen LogP contribution in [0.5, 0.6) is 0 Å². The van der Waals surface area contributed by atoms with Gasteiger partial charge < -0.3 is 19.3 Å². The molecule has 0 aliphatic rings. The molecule has 3 atom stereocenters. The first-order valence-corrected chi connectivity index (χ1v) is 8.53. The Bertz CT molecular complexity index is 460. The van der Waals surface area contributed by atoms with Crippen molar-refractivity contribution in [2.45, 2.75) is 100 Å². The van der Waals surface area contributed by atoms with Crippen LogP contribution in [0.2, 0.25) is 0 Å². The van der Waals surface area contributed by atoms with E-state index in [-0.39, 0.29) is 35.3 Å². The molecule has 0 aromatic heterocycles. The third-order valence-corrected chi connectivity index (χ3v) is 3.37. The minimum Gasteiger partial charge on any atom is -0.463 e. The van der Waals surface area contributed by atoms with Crippen LogP contribution in [0.3, 0.4) is 0 Å². The van der Waals surface area contributed by atoms with Gasteiger partial charge in [-0.3, -0.25) is 9.59 Å². The molecule has 0 bridgehead atoms. The summed E-state index contributed by atoms with van der Waals surface area (Å²) in [6.07, 6.45) is 0.0909. The molecule has 0 aromatic carbocycles. The molecule has 7 heteroatoms. The molecule has 7 nitrogen and oxygen atoms in total. The average Bonchev–Trinajstić information content (AvgIpc) is 2.49. The molecule has 3 unspecified atom stereocenters. The highest BCUT2D eigenvalue weighted by Gasteiger charge is 2.21. The molecule has 0 aliphatic heterocycles. The molecular weight excluding hydrogens is 364 g/mol. The maximum absolute atomic E-state index is 11.8. The smallest absolute Gasteiger partial charge is 0.333 e. The van der Waals surface area contributed by atoms with Crippen molar-refractivity contribution in [2.24, 2.45) is 0 Å². The van der Waals surface area contributed by atoms with Gasteiger partial charge in [-0.05, 0) is 26.7 Å². The van der Waals surface area contributed by atoms with Crippen molar-refractivity contribution >= 4 is 17.9 Å². The van der Waals surface area contributed by atoms with Crippen LogP contribution in [-0.2, 0) is 28.6 Å². The lowest BCUT2D eigenvalue weighted by atomic mass is 10.0. The van der Waals surface area contributed by atoms with E-state index in [1.54, 1.807) is 13.8 Å². The molecular formula is C21H42O7. The quantitative estimate of drug-likeness (QED) is 0.224. The van der Waals surface area contributed by atoms with Crippen molar-refractivity contribution in [1.29, 1.82) is 0 Å². The average molecular weight is 407 g/mol. The number of carbonyl (C=O) groups is 3. The summed E-state index contributed by atoms with van der Waals surface area (Å²) in [5.41, 5.74) is 0.307. The zero-order chi connectivity index (χ0) is 19.4. The number of hydrogen-bond acceptors (Lipinski definition) is 7. The van der Waals surface area contributed by atoms with E-state index < -0.39 is 36.2 Å². The van der Waals surface area contributed by atoms with Crippen LogP contribution in [0.15, 0.2) is 12.2 Å². The van der Waals surface area contributed by atoms with Gasteiger partial charge in [0.05, 0.1) is 12.7 Å². The van der Waals surface area contributed by atoms with Gasteiger partial charge in [-0.25, -0.2) is 4.79 Å².